The van der Waals surface area contributed by atoms with Crippen LogP contribution in [0.1, 0.15) is 77.8 Å². The monoisotopic (exact) mass is 735 g/mol. The summed E-state index contributed by atoms with van der Waals surface area (Å²) in [6.45, 7) is 2.96. The summed E-state index contributed by atoms with van der Waals surface area (Å²) in [4.78, 5) is 31.1. The second-order valence-corrected chi connectivity index (χ2v) is 14.3. The zero-order valence-electron chi connectivity index (χ0n) is 29.9. The number of anilines is 1. The Morgan fingerprint density at radius 1 is 0.963 bits per heavy atom. The molecule has 1 amide bonds. The predicted octanol–water partition coefficient (Wildman–Crippen LogP) is 6.82. The molecule has 3 heterocycles. The van der Waals surface area contributed by atoms with E-state index in [0.717, 1.165) is 43.1 Å². The van der Waals surface area contributed by atoms with Crippen LogP contribution in [0.2, 0.25) is 0 Å². The van der Waals surface area contributed by atoms with Gasteiger partial charge in [-0.15, -0.1) is 0 Å². The van der Waals surface area contributed by atoms with Crippen LogP contribution in [0.4, 0.5) is 14.5 Å². The maximum absolute atomic E-state index is 14.0. The average Bonchev–Trinajstić information content (AvgIpc) is 3.82. The first kappa shape index (κ1) is 36.9. The number of likely N-dealkylation sites (tertiary alicyclic amines) is 1. The molecule has 1 saturated carbocycles. The zero-order valence-corrected chi connectivity index (χ0v) is 29.9. The molecule has 0 bridgehead atoms. The van der Waals surface area contributed by atoms with Gasteiger partial charge in [0.1, 0.15) is 11.6 Å². The number of carboxylic acids is 1. The molecule has 5 aromatic rings. The van der Waals surface area contributed by atoms with Crippen molar-refractivity contribution in [1.82, 2.24) is 20.4 Å². The smallest absolute Gasteiger partial charge is 0.309 e. The molecule has 2 fully saturated rings. The normalized spacial score (nSPS) is 21.3. The number of nitrogen functional groups attached to an aromatic ring is 1. The Kier molecular flexibility index (Phi) is 10.8. The van der Waals surface area contributed by atoms with E-state index in [1.165, 1.54) is 39.9 Å². The van der Waals surface area contributed by atoms with Gasteiger partial charge in [0.2, 0.25) is 0 Å². The van der Waals surface area contributed by atoms with Gasteiger partial charge in [-0.25, -0.2) is 8.78 Å². The molecule has 2 aromatic heterocycles. The van der Waals surface area contributed by atoms with E-state index in [0.29, 0.717) is 25.5 Å². The summed E-state index contributed by atoms with van der Waals surface area (Å²) in [5.41, 5.74) is 14.7. The number of rotatable bonds is 7. The Morgan fingerprint density at radius 3 is 2.50 bits per heavy atom. The second kappa shape index (κ2) is 15.9. The van der Waals surface area contributed by atoms with E-state index in [1.807, 2.05) is 23.2 Å². The number of fused-ring (bicyclic) bond motifs is 3. The number of benzene rings is 3. The Morgan fingerprint density at radius 2 is 1.74 bits per heavy atom. The number of carboxylic acid groups (broad SMARTS) is 1. The van der Waals surface area contributed by atoms with Gasteiger partial charge in [-0.1, -0.05) is 67.4 Å². The van der Waals surface area contributed by atoms with Gasteiger partial charge in [-0.3, -0.25) is 19.5 Å². The van der Waals surface area contributed by atoms with Crippen LogP contribution in [0, 0.1) is 17.6 Å². The highest BCUT2D eigenvalue weighted by molar-refractivity contribution is 5.93. The highest BCUT2D eigenvalue weighted by Gasteiger charge is 2.40. The number of hydrogen-bond donors (Lipinski definition) is 4. The van der Waals surface area contributed by atoms with Crippen molar-refractivity contribution in [2.45, 2.75) is 69.6 Å². The number of pyridine rings is 1. The second-order valence-electron chi connectivity index (χ2n) is 14.3. The van der Waals surface area contributed by atoms with E-state index in [2.05, 4.69) is 64.8 Å². The molecule has 280 valence electrons. The molecule has 10 nitrogen and oxygen atoms in total. The van der Waals surface area contributed by atoms with Crippen LogP contribution in [0.15, 0.2) is 89.6 Å². The minimum Gasteiger partial charge on any atom is -0.481 e. The van der Waals surface area contributed by atoms with Crippen LogP contribution in [0.3, 0.4) is 0 Å². The van der Waals surface area contributed by atoms with Gasteiger partial charge >= 0.3 is 5.97 Å². The van der Waals surface area contributed by atoms with Gasteiger partial charge in [-0.2, -0.15) is 0 Å². The Balaban J connectivity index is 0.000000178. The standard InChI is InChI=1S/C22H25F2N3O5.C20H18N2/c23-12-5-6-13(15(24)9-12)20-10-17(26-32-20)21(29)25-16-7-8-27(11-14(16)22(30)31)18-3-1-2-4-19(18)28;1-13(19-8-4-5-11-22-19)15-9-10-17-16-7-3-2-6-14(16)12-18(17)20(15)21/h5-6,9-10,14,16,18-19,28H,1-4,7-8,11H2,(H,25,29)(H,30,31);2-11,13H,12,21H2,1H3/t14-,16-,18-,19-;13-/m10/s1. The van der Waals surface area contributed by atoms with Crippen LogP contribution in [-0.2, 0) is 11.2 Å². The third kappa shape index (κ3) is 7.62. The number of amides is 1. The molecule has 1 aliphatic heterocycles. The first-order valence-corrected chi connectivity index (χ1v) is 18.4. The fraction of sp³-hybridized carbons (Fsp3) is 0.333. The van der Waals surface area contributed by atoms with Crippen molar-refractivity contribution >= 4 is 17.6 Å². The number of piperidine rings is 1. The lowest BCUT2D eigenvalue weighted by Crippen LogP contribution is -2.58. The van der Waals surface area contributed by atoms with Gasteiger partial charge in [0.05, 0.1) is 17.6 Å². The third-order valence-corrected chi connectivity index (χ3v) is 11.0. The molecule has 5 N–H and O–H groups in total. The number of nitrogens with one attached hydrogen (secondary N) is 1. The molecule has 0 spiro atoms. The van der Waals surface area contributed by atoms with Crippen molar-refractivity contribution < 1.29 is 33.1 Å². The molecule has 5 atom stereocenters. The number of carbonyl (C=O) groups excluding carboxylic acids is 1. The van der Waals surface area contributed by atoms with Crippen molar-refractivity contribution in [2.75, 3.05) is 18.8 Å². The minimum atomic E-state index is -1.03. The summed E-state index contributed by atoms with van der Waals surface area (Å²) in [5.74, 6) is -3.93. The fourth-order valence-corrected chi connectivity index (χ4v) is 8.08. The maximum atomic E-state index is 14.0. The Hall–Kier alpha value is -5.46. The number of nitrogens with zero attached hydrogens (tertiary/aromatic N) is 3. The first-order chi connectivity index (χ1) is 26.1. The lowest BCUT2D eigenvalue weighted by molar-refractivity contribution is -0.145. The summed E-state index contributed by atoms with van der Waals surface area (Å²) in [5, 5.41) is 26.4. The minimum absolute atomic E-state index is 0.0384. The molecule has 3 aromatic carbocycles. The number of halogens is 2. The predicted molar refractivity (Wildman–Crippen MR) is 200 cm³/mol. The number of carbonyl (C=O) groups is 2. The molecule has 8 rings (SSSR count). The molecular formula is C42H43F2N5O5. The van der Waals surface area contributed by atoms with Crippen molar-refractivity contribution in [3.05, 3.63) is 125 Å². The molecule has 54 heavy (non-hydrogen) atoms. The SMILES string of the molecule is C[C@H](c1ccccn1)c1ccc2c(c1N)Cc1ccccc1-2.O=C(N[C@@H]1CCN([C@@H]2CCCC[C@H]2O)C[C@H]1C(=O)O)c1cc(-c2ccc(F)cc2F)on1. The number of nitrogens with two attached hydrogens (primary N) is 1. The van der Waals surface area contributed by atoms with Crippen molar-refractivity contribution in [3.63, 3.8) is 0 Å². The van der Waals surface area contributed by atoms with Crippen LogP contribution < -0.4 is 11.1 Å². The van der Waals surface area contributed by atoms with E-state index >= 15 is 0 Å². The maximum Gasteiger partial charge on any atom is 0.309 e. The molecule has 0 radical (unpaired) electrons. The first-order valence-electron chi connectivity index (χ1n) is 18.4. The topological polar surface area (TPSA) is 155 Å². The number of hydrogen-bond acceptors (Lipinski definition) is 8. The van der Waals surface area contributed by atoms with E-state index in [4.69, 9.17) is 10.3 Å². The molecule has 1 saturated heterocycles. The summed E-state index contributed by atoms with van der Waals surface area (Å²) < 4.78 is 32.1. The number of aromatic nitrogens is 2. The van der Waals surface area contributed by atoms with Crippen LogP contribution in [0.5, 0.6) is 0 Å². The van der Waals surface area contributed by atoms with Crippen molar-refractivity contribution in [3.8, 4) is 22.5 Å². The lowest BCUT2D eigenvalue weighted by atomic mass is 9.86. The molecule has 12 heteroatoms. The van der Waals surface area contributed by atoms with E-state index < -0.39 is 41.6 Å². The summed E-state index contributed by atoms with van der Waals surface area (Å²) >= 11 is 0. The molecule has 3 aliphatic rings. The summed E-state index contributed by atoms with van der Waals surface area (Å²) in [6, 6.07) is 22.5. The molecule has 0 unspecified atom stereocenters. The highest BCUT2D eigenvalue weighted by atomic mass is 19.1. The lowest BCUT2D eigenvalue weighted by Gasteiger charge is -2.43. The van der Waals surface area contributed by atoms with Gasteiger partial charge < -0.3 is 25.8 Å². The summed E-state index contributed by atoms with van der Waals surface area (Å²) in [7, 11) is 0. The number of aliphatic carboxylic acids is 1. The Bertz CT molecular complexity index is 2140. The van der Waals surface area contributed by atoms with Crippen LogP contribution in [0.25, 0.3) is 22.5 Å². The zero-order chi connectivity index (χ0) is 37.9. The number of aliphatic hydroxyl groups excluding tert-OH is 1. The van der Waals surface area contributed by atoms with Crippen molar-refractivity contribution in [2.24, 2.45) is 5.92 Å². The molecule has 2 aliphatic carbocycles. The number of aliphatic hydroxyl groups is 1. The van der Waals surface area contributed by atoms with E-state index in [9.17, 15) is 28.6 Å². The largest absolute Gasteiger partial charge is 0.481 e. The van der Waals surface area contributed by atoms with Gasteiger partial charge in [0.15, 0.2) is 11.5 Å². The highest BCUT2D eigenvalue weighted by Crippen LogP contribution is 2.42. The Labute approximate surface area is 312 Å². The van der Waals surface area contributed by atoms with Gasteiger partial charge in [-0.05, 0) is 71.3 Å². The van der Waals surface area contributed by atoms with Gasteiger partial charge in [0.25, 0.3) is 5.91 Å². The third-order valence-electron chi connectivity index (χ3n) is 11.0. The van der Waals surface area contributed by atoms with Crippen molar-refractivity contribution in [1.29, 1.82) is 0 Å². The van der Waals surface area contributed by atoms with Crippen LogP contribution >= 0.6 is 0 Å². The molecular weight excluding hydrogens is 692 g/mol. The average molecular weight is 736 g/mol. The summed E-state index contributed by atoms with van der Waals surface area (Å²) in [6.07, 6.45) is 6.21. The van der Waals surface area contributed by atoms with Crippen LogP contribution in [-0.4, -0.2) is 68.4 Å². The quantitative estimate of drug-likeness (QED) is 0.129. The van der Waals surface area contributed by atoms with E-state index in [-0.39, 0.29) is 35.5 Å². The van der Waals surface area contributed by atoms with Gasteiger partial charge in [0, 0.05) is 67.2 Å². The van der Waals surface area contributed by atoms with E-state index in [1.54, 1.807) is 0 Å². The fourth-order valence-electron chi connectivity index (χ4n) is 8.08.